The van der Waals surface area contributed by atoms with E-state index in [1.807, 2.05) is 30.3 Å². The van der Waals surface area contributed by atoms with Crippen LogP contribution in [0.1, 0.15) is 39.0 Å². The summed E-state index contributed by atoms with van der Waals surface area (Å²) in [7, 11) is 0. The van der Waals surface area contributed by atoms with E-state index >= 15 is 0 Å². The minimum absolute atomic E-state index is 0.0773. The van der Waals surface area contributed by atoms with E-state index in [1.165, 1.54) is 0 Å². The maximum Gasteiger partial charge on any atom is 0.244 e. The third-order valence-corrected chi connectivity index (χ3v) is 10.7. The third-order valence-electron chi connectivity index (χ3n) is 8.74. The summed E-state index contributed by atoms with van der Waals surface area (Å²) in [4.78, 5) is 45.6. The first-order valence-corrected chi connectivity index (χ1v) is 14.8. The summed E-state index contributed by atoms with van der Waals surface area (Å²) in [6.45, 7) is 7.05. The molecule has 4 aliphatic heterocycles. The highest BCUT2D eigenvalue weighted by Gasteiger charge is 2.76. The molecule has 0 saturated carbocycles. The molecule has 0 aromatic heterocycles. The molecule has 4 heterocycles. The predicted octanol–water partition coefficient (Wildman–Crippen LogP) is 1.72. The van der Waals surface area contributed by atoms with Crippen molar-refractivity contribution in [1.82, 2.24) is 15.1 Å². The molecule has 2 unspecified atom stereocenters. The maximum atomic E-state index is 14.1. The molecule has 1 aromatic carbocycles. The first-order chi connectivity index (χ1) is 18.4. The molecule has 1 aromatic rings. The van der Waals surface area contributed by atoms with E-state index in [2.05, 4.69) is 22.5 Å². The van der Waals surface area contributed by atoms with Crippen molar-refractivity contribution in [3.05, 3.63) is 30.3 Å². The van der Waals surface area contributed by atoms with Crippen LogP contribution in [0.5, 0.6) is 0 Å². The number of ether oxygens (including phenoxy) is 1. The van der Waals surface area contributed by atoms with Crippen molar-refractivity contribution in [2.75, 3.05) is 57.9 Å². The molecule has 5 rings (SSSR count). The average molecular weight is 545 g/mol. The molecule has 5 atom stereocenters. The van der Waals surface area contributed by atoms with Crippen molar-refractivity contribution in [3.8, 4) is 0 Å². The Hall–Kier alpha value is -2.14. The molecule has 4 aliphatic rings. The van der Waals surface area contributed by atoms with Crippen LogP contribution in [0.25, 0.3) is 0 Å². The Balaban J connectivity index is 1.36. The number of aliphatic hydroxyl groups is 1. The number of morpholine rings is 1. The first-order valence-electron chi connectivity index (χ1n) is 13.9. The molecule has 3 N–H and O–H groups in total. The number of hydrogen-bond acceptors (Lipinski definition) is 7. The third kappa shape index (κ3) is 5.08. The zero-order chi connectivity index (χ0) is 26.8. The van der Waals surface area contributed by atoms with Crippen LogP contribution in [0.15, 0.2) is 30.3 Å². The van der Waals surface area contributed by atoms with Gasteiger partial charge in [-0.25, -0.2) is 0 Å². The van der Waals surface area contributed by atoms with Crippen LogP contribution >= 0.6 is 11.8 Å². The van der Waals surface area contributed by atoms with Crippen molar-refractivity contribution >= 4 is 35.2 Å². The van der Waals surface area contributed by atoms with Gasteiger partial charge in [0.05, 0.1) is 29.8 Å². The molecule has 10 heteroatoms. The minimum atomic E-state index is -0.607. The fourth-order valence-electron chi connectivity index (χ4n) is 6.94. The van der Waals surface area contributed by atoms with Gasteiger partial charge in [0.25, 0.3) is 0 Å². The van der Waals surface area contributed by atoms with Gasteiger partial charge in [0.1, 0.15) is 6.04 Å². The Morgan fingerprint density at radius 3 is 2.58 bits per heavy atom. The lowest BCUT2D eigenvalue weighted by molar-refractivity contribution is -0.139. The smallest absolute Gasteiger partial charge is 0.244 e. The van der Waals surface area contributed by atoms with Gasteiger partial charge in [0, 0.05) is 49.8 Å². The number of fused-ring (bicyclic) bond motifs is 1. The monoisotopic (exact) mass is 544 g/mol. The molecule has 38 heavy (non-hydrogen) atoms. The topological polar surface area (TPSA) is 111 Å². The second kappa shape index (κ2) is 11.5. The van der Waals surface area contributed by atoms with E-state index in [4.69, 9.17) is 4.74 Å². The molecule has 3 amide bonds. The van der Waals surface area contributed by atoms with E-state index in [0.29, 0.717) is 38.4 Å². The lowest BCUT2D eigenvalue weighted by Crippen LogP contribution is -2.54. The summed E-state index contributed by atoms with van der Waals surface area (Å²) in [6.07, 6.45) is 3.71. The summed E-state index contributed by atoms with van der Waals surface area (Å²) >= 11 is 1.70. The largest absolute Gasteiger partial charge is 0.396 e. The Kier molecular flexibility index (Phi) is 8.33. The highest BCUT2D eigenvalue weighted by atomic mass is 32.2. The number of anilines is 1. The molecule has 9 nitrogen and oxygen atoms in total. The number of nitrogens with one attached hydrogen (secondary N) is 2. The van der Waals surface area contributed by atoms with Crippen molar-refractivity contribution in [2.45, 2.75) is 54.6 Å². The highest BCUT2D eigenvalue weighted by Crippen LogP contribution is 2.71. The summed E-state index contributed by atoms with van der Waals surface area (Å²) in [5.41, 5.74) is 0.714. The molecular formula is C28H40N4O5S. The number of amides is 3. The van der Waals surface area contributed by atoms with Crippen molar-refractivity contribution < 1.29 is 24.2 Å². The van der Waals surface area contributed by atoms with Gasteiger partial charge in [-0.05, 0) is 51.2 Å². The maximum absolute atomic E-state index is 14.1. The molecule has 208 valence electrons. The van der Waals surface area contributed by atoms with E-state index in [9.17, 15) is 19.5 Å². The fraction of sp³-hybridized carbons (Fsp3) is 0.679. The highest BCUT2D eigenvalue weighted by molar-refractivity contribution is 8.02. The van der Waals surface area contributed by atoms with E-state index in [-0.39, 0.29) is 24.3 Å². The van der Waals surface area contributed by atoms with Gasteiger partial charge >= 0.3 is 0 Å². The van der Waals surface area contributed by atoms with Gasteiger partial charge in [-0.3, -0.25) is 19.3 Å². The van der Waals surface area contributed by atoms with Crippen LogP contribution in [-0.2, 0) is 19.1 Å². The van der Waals surface area contributed by atoms with Crippen LogP contribution < -0.4 is 10.6 Å². The van der Waals surface area contributed by atoms with Crippen LogP contribution in [0, 0.1) is 11.8 Å². The number of benzene rings is 1. The zero-order valence-electron chi connectivity index (χ0n) is 22.2. The number of hydrogen-bond donors (Lipinski definition) is 3. The molecule has 0 aliphatic carbocycles. The SMILES string of the molecule is C[C@]12CCC3(S1)C(C(=O)NCCN1CCOCC1)N(CCCCCO)C(=O)[C@@H]3[C@H]2C(=O)Nc1ccccc1. The van der Waals surface area contributed by atoms with E-state index in [0.717, 1.165) is 45.3 Å². The normalized spacial score (nSPS) is 32.4. The van der Waals surface area contributed by atoms with Crippen LogP contribution in [-0.4, -0.2) is 101 Å². The number of aliphatic hydroxyl groups excluding tert-OH is 1. The summed E-state index contributed by atoms with van der Waals surface area (Å²) in [5.74, 6) is -1.36. The van der Waals surface area contributed by atoms with Crippen LogP contribution in [0.2, 0.25) is 0 Å². The van der Waals surface area contributed by atoms with E-state index in [1.54, 1.807) is 16.7 Å². The number of carbonyl (C=O) groups is 3. The quantitative estimate of drug-likeness (QED) is 0.364. The first kappa shape index (κ1) is 27.4. The standard InChI is InChI=1S/C28H40N4O5S/c1-27-10-11-28(38-27)22(21(27)24(34)30-20-8-4-2-5-9-20)26(36)32(13-6-3-7-17-33)23(28)25(35)29-12-14-31-15-18-37-19-16-31/h2,4-5,8-9,21-23,33H,3,6-7,10-19H2,1H3,(H,29,35)(H,30,34)/t21-,22-,23?,27+,28?/m0/s1. The molecular weight excluding hydrogens is 504 g/mol. The zero-order valence-corrected chi connectivity index (χ0v) is 23.0. The molecule has 0 radical (unpaired) electrons. The van der Waals surface area contributed by atoms with Gasteiger partial charge in [0.2, 0.25) is 17.7 Å². The number of para-hydroxylation sites is 1. The number of thioether (sulfide) groups is 1. The number of carbonyl (C=O) groups excluding carboxylic acids is 3. The average Bonchev–Trinajstić information content (AvgIpc) is 3.48. The Bertz CT molecular complexity index is 1020. The lowest BCUT2D eigenvalue weighted by Gasteiger charge is -2.35. The lowest BCUT2D eigenvalue weighted by atomic mass is 9.66. The minimum Gasteiger partial charge on any atom is -0.396 e. The van der Waals surface area contributed by atoms with Gasteiger partial charge < -0.3 is 25.4 Å². The molecule has 1 spiro atoms. The van der Waals surface area contributed by atoms with Crippen LogP contribution in [0.4, 0.5) is 5.69 Å². The van der Waals surface area contributed by atoms with Gasteiger partial charge in [-0.1, -0.05) is 18.2 Å². The Labute approximate surface area is 229 Å². The Morgan fingerprint density at radius 1 is 1.08 bits per heavy atom. The molecule has 4 saturated heterocycles. The van der Waals surface area contributed by atoms with Gasteiger partial charge in [0.15, 0.2) is 0 Å². The number of likely N-dealkylation sites (tertiary alicyclic amines) is 1. The van der Waals surface area contributed by atoms with Crippen molar-refractivity contribution in [2.24, 2.45) is 11.8 Å². The van der Waals surface area contributed by atoms with Crippen molar-refractivity contribution in [1.29, 1.82) is 0 Å². The molecule has 4 fully saturated rings. The Morgan fingerprint density at radius 2 is 1.84 bits per heavy atom. The fourth-order valence-corrected chi connectivity index (χ4v) is 9.29. The van der Waals surface area contributed by atoms with Crippen molar-refractivity contribution in [3.63, 3.8) is 0 Å². The molecule has 2 bridgehead atoms. The second-order valence-corrected chi connectivity index (χ2v) is 13.0. The summed E-state index contributed by atoms with van der Waals surface area (Å²) in [5, 5.41) is 15.4. The second-order valence-electron chi connectivity index (χ2n) is 11.1. The number of unbranched alkanes of at least 4 members (excludes halogenated alkanes) is 2. The van der Waals surface area contributed by atoms with Gasteiger partial charge in [-0.15, -0.1) is 11.8 Å². The van der Waals surface area contributed by atoms with E-state index < -0.39 is 27.4 Å². The summed E-state index contributed by atoms with van der Waals surface area (Å²) in [6, 6.07) is 8.76. The summed E-state index contributed by atoms with van der Waals surface area (Å²) < 4.78 is 4.42. The number of rotatable bonds is 11. The number of nitrogens with zero attached hydrogens (tertiary/aromatic N) is 2. The van der Waals surface area contributed by atoms with Gasteiger partial charge in [-0.2, -0.15) is 0 Å². The van der Waals surface area contributed by atoms with Crippen LogP contribution in [0.3, 0.4) is 0 Å². The predicted molar refractivity (Wildman–Crippen MR) is 147 cm³/mol.